The number of rotatable bonds is 6. The summed E-state index contributed by atoms with van der Waals surface area (Å²) in [6, 6.07) is 8.36. The number of carbonyl (C=O) groups excluding carboxylic acids is 1. The number of benzene rings is 1. The van der Waals surface area contributed by atoms with E-state index < -0.39 is 11.9 Å². The highest BCUT2D eigenvalue weighted by Crippen LogP contribution is 2.20. The van der Waals surface area contributed by atoms with Crippen LogP contribution >= 0.6 is 0 Å². The van der Waals surface area contributed by atoms with Gasteiger partial charge in [-0.1, -0.05) is 31.2 Å². The average molecular weight is 347 g/mol. The number of piperidine rings is 1. The smallest absolute Gasteiger partial charge is 0.317 e. The molecule has 0 radical (unpaired) electrons. The number of nitrogens with zero attached hydrogens (tertiary/aromatic N) is 2. The van der Waals surface area contributed by atoms with Gasteiger partial charge in [-0.15, -0.1) is 0 Å². The van der Waals surface area contributed by atoms with Gasteiger partial charge < -0.3 is 20.2 Å². The Kier molecular flexibility index (Phi) is 6.82. The molecule has 0 saturated carbocycles. The fraction of sp³-hybridized carbons (Fsp3) is 0.579. The maximum absolute atomic E-state index is 12.4. The van der Waals surface area contributed by atoms with Gasteiger partial charge in [0.15, 0.2) is 0 Å². The van der Waals surface area contributed by atoms with Crippen LogP contribution in [-0.4, -0.2) is 60.6 Å². The zero-order valence-electron chi connectivity index (χ0n) is 15.4. The standard InChI is InChI=1S/C19H29N3O3/c1-4-14-7-9-15(10-8-14)17(21(2)3)12-20-19(25)22-11-5-6-16(13-22)18(23)24/h7-10,16-17H,4-6,11-13H2,1-3H3,(H,20,25)(H,23,24)/t16-,17?/m1/s1. The van der Waals surface area contributed by atoms with Crippen LogP contribution in [0.3, 0.4) is 0 Å². The number of aryl methyl sites for hydroxylation is 1. The molecule has 2 atom stereocenters. The van der Waals surface area contributed by atoms with E-state index in [1.165, 1.54) is 5.56 Å². The molecule has 1 aliphatic rings. The first kappa shape index (κ1) is 19.2. The van der Waals surface area contributed by atoms with E-state index >= 15 is 0 Å². The Balaban J connectivity index is 1.95. The molecule has 25 heavy (non-hydrogen) atoms. The molecule has 2 amide bonds. The molecule has 138 valence electrons. The van der Waals surface area contributed by atoms with Crippen molar-refractivity contribution in [1.82, 2.24) is 15.1 Å². The van der Waals surface area contributed by atoms with E-state index in [-0.39, 0.29) is 12.1 Å². The number of urea groups is 1. The molecule has 1 aromatic carbocycles. The molecule has 0 bridgehead atoms. The summed E-state index contributed by atoms with van der Waals surface area (Å²) >= 11 is 0. The highest BCUT2D eigenvalue weighted by molar-refractivity contribution is 5.76. The second-order valence-electron chi connectivity index (χ2n) is 6.88. The molecule has 1 aliphatic heterocycles. The van der Waals surface area contributed by atoms with E-state index in [4.69, 9.17) is 5.11 Å². The van der Waals surface area contributed by atoms with E-state index in [0.29, 0.717) is 26.1 Å². The number of nitrogens with one attached hydrogen (secondary N) is 1. The maximum atomic E-state index is 12.4. The average Bonchev–Trinajstić information content (AvgIpc) is 2.62. The van der Waals surface area contributed by atoms with Gasteiger partial charge in [-0.2, -0.15) is 0 Å². The summed E-state index contributed by atoms with van der Waals surface area (Å²) in [5.74, 6) is -1.27. The molecule has 0 aromatic heterocycles. The monoisotopic (exact) mass is 347 g/mol. The van der Waals surface area contributed by atoms with Gasteiger partial charge in [0.25, 0.3) is 0 Å². The molecule has 6 heteroatoms. The summed E-state index contributed by atoms with van der Waals surface area (Å²) < 4.78 is 0. The van der Waals surface area contributed by atoms with Crippen molar-refractivity contribution in [3.05, 3.63) is 35.4 Å². The van der Waals surface area contributed by atoms with Crippen LogP contribution in [0.5, 0.6) is 0 Å². The van der Waals surface area contributed by atoms with E-state index in [0.717, 1.165) is 18.4 Å². The quantitative estimate of drug-likeness (QED) is 0.828. The van der Waals surface area contributed by atoms with Gasteiger partial charge >= 0.3 is 12.0 Å². The number of hydrogen-bond acceptors (Lipinski definition) is 3. The molecule has 1 unspecified atom stereocenters. The van der Waals surface area contributed by atoms with Crippen LogP contribution in [0.2, 0.25) is 0 Å². The van der Waals surface area contributed by atoms with Crippen molar-refractivity contribution in [2.24, 2.45) is 5.92 Å². The molecule has 2 rings (SSSR count). The second kappa shape index (κ2) is 8.85. The fourth-order valence-electron chi connectivity index (χ4n) is 3.23. The van der Waals surface area contributed by atoms with E-state index in [9.17, 15) is 9.59 Å². The van der Waals surface area contributed by atoms with Crippen molar-refractivity contribution in [1.29, 1.82) is 0 Å². The van der Waals surface area contributed by atoms with Crippen LogP contribution in [-0.2, 0) is 11.2 Å². The molecular formula is C19H29N3O3. The number of carboxylic acid groups (broad SMARTS) is 1. The van der Waals surface area contributed by atoms with Gasteiger partial charge in [-0.25, -0.2) is 4.79 Å². The number of likely N-dealkylation sites (tertiary alicyclic amines) is 1. The van der Waals surface area contributed by atoms with Crippen LogP contribution in [0.4, 0.5) is 4.79 Å². The summed E-state index contributed by atoms with van der Waals surface area (Å²) in [4.78, 5) is 27.3. The molecule has 1 fully saturated rings. The van der Waals surface area contributed by atoms with E-state index in [1.54, 1.807) is 4.90 Å². The van der Waals surface area contributed by atoms with Crippen LogP contribution in [0.15, 0.2) is 24.3 Å². The lowest BCUT2D eigenvalue weighted by Gasteiger charge is -2.32. The molecule has 1 heterocycles. The van der Waals surface area contributed by atoms with Gasteiger partial charge in [-0.05, 0) is 44.5 Å². The third-order valence-corrected chi connectivity index (χ3v) is 4.90. The zero-order valence-corrected chi connectivity index (χ0v) is 15.4. The van der Waals surface area contributed by atoms with Crippen molar-refractivity contribution in [3.63, 3.8) is 0 Å². The molecule has 1 aromatic rings. The largest absolute Gasteiger partial charge is 0.481 e. The normalized spacial score (nSPS) is 18.9. The number of amides is 2. The fourth-order valence-corrected chi connectivity index (χ4v) is 3.23. The Morgan fingerprint density at radius 2 is 2.00 bits per heavy atom. The Bertz CT molecular complexity index is 586. The van der Waals surface area contributed by atoms with Crippen molar-refractivity contribution in [2.45, 2.75) is 32.2 Å². The lowest BCUT2D eigenvalue weighted by Crippen LogP contribution is -2.48. The summed E-state index contributed by atoms with van der Waals surface area (Å²) in [7, 11) is 3.98. The van der Waals surface area contributed by atoms with E-state index in [2.05, 4.69) is 41.4 Å². The van der Waals surface area contributed by atoms with Crippen LogP contribution in [0, 0.1) is 5.92 Å². The van der Waals surface area contributed by atoms with Gasteiger partial charge in [0.05, 0.1) is 12.0 Å². The molecule has 2 N–H and O–H groups in total. The minimum absolute atomic E-state index is 0.0786. The number of likely N-dealkylation sites (N-methyl/N-ethyl adjacent to an activating group) is 1. The lowest BCUT2D eigenvalue weighted by atomic mass is 9.98. The Morgan fingerprint density at radius 3 is 2.56 bits per heavy atom. The SMILES string of the molecule is CCc1ccc(C(CNC(=O)N2CCC[C@@H](C(=O)O)C2)N(C)C)cc1. The second-order valence-corrected chi connectivity index (χ2v) is 6.88. The lowest BCUT2D eigenvalue weighted by molar-refractivity contribution is -0.143. The highest BCUT2D eigenvalue weighted by atomic mass is 16.4. The van der Waals surface area contributed by atoms with Crippen molar-refractivity contribution in [3.8, 4) is 0 Å². The first-order valence-electron chi connectivity index (χ1n) is 8.93. The number of hydrogen-bond donors (Lipinski definition) is 2. The predicted molar refractivity (Wildman–Crippen MR) is 97.6 cm³/mol. The number of aliphatic carboxylic acids is 1. The minimum Gasteiger partial charge on any atom is -0.481 e. The first-order valence-corrected chi connectivity index (χ1v) is 8.93. The van der Waals surface area contributed by atoms with Crippen molar-refractivity contribution < 1.29 is 14.7 Å². The third-order valence-electron chi connectivity index (χ3n) is 4.90. The summed E-state index contributed by atoms with van der Waals surface area (Å²) in [5.41, 5.74) is 2.45. The summed E-state index contributed by atoms with van der Waals surface area (Å²) in [5, 5.41) is 12.1. The first-order chi connectivity index (χ1) is 11.9. The Morgan fingerprint density at radius 1 is 1.32 bits per heavy atom. The molecule has 6 nitrogen and oxygen atoms in total. The van der Waals surface area contributed by atoms with E-state index in [1.807, 2.05) is 14.1 Å². The topological polar surface area (TPSA) is 72.9 Å². The predicted octanol–water partition coefficient (Wildman–Crippen LogP) is 2.36. The molecule has 1 saturated heterocycles. The highest BCUT2D eigenvalue weighted by Gasteiger charge is 2.28. The number of carboxylic acids is 1. The molecule has 0 aliphatic carbocycles. The van der Waals surface area contributed by atoms with Gasteiger partial charge in [0, 0.05) is 19.6 Å². The number of carbonyl (C=O) groups is 2. The zero-order chi connectivity index (χ0) is 18.4. The van der Waals surface area contributed by atoms with Gasteiger partial charge in [-0.3, -0.25) is 4.79 Å². The van der Waals surface area contributed by atoms with Crippen molar-refractivity contribution in [2.75, 3.05) is 33.7 Å². The van der Waals surface area contributed by atoms with Crippen LogP contribution in [0.25, 0.3) is 0 Å². The van der Waals surface area contributed by atoms with Gasteiger partial charge in [0.2, 0.25) is 0 Å². The molecular weight excluding hydrogens is 318 g/mol. The van der Waals surface area contributed by atoms with Crippen LogP contribution < -0.4 is 5.32 Å². The van der Waals surface area contributed by atoms with Crippen LogP contribution in [0.1, 0.15) is 36.9 Å². The Labute approximate surface area is 149 Å². The Hall–Kier alpha value is -2.08. The van der Waals surface area contributed by atoms with Crippen molar-refractivity contribution >= 4 is 12.0 Å². The maximum Gasteiger partial charge on any atom is 0.317 e. The third kappa shape index (κ3) is 5.19. The summed E-state index contributed by atoms with van der Waals surface area (Å²) in [6.07, 6.45) is 2.38. The molecule has 0 spiro atoms. The van der Waals surface area contributed by atoms with Gasteiger partial charge in [0.1, 0.15) is 0 Å². The summed E-state index contributed by atoms with van der Waals surface area (Å²) in [6.45, 7) is 3.53. The minimum atomic E-state index is -0.820.